The number of thiophene rings is 1. The Hall–Kier alpha value is -1.20. The number of hydrogen-bond donors (Lipinski definition) is 1. The molecule has 0 radical (unpaired) electrons. The summed E-state index contributed by atoms with van der Waals surface area (Å²) in [5, 5.41) is 10.4. The first-order valence-corrected chi connectivity index (χ1v) is 6.50. The van der Waals surface area contributed by atoms with Gasteiger partial charge in [-0.15, -0.1) is 11.3 Å². The summed E-state index contributed by atoms with van der Waals surface area (Å²) in [6.07, 6.45) is 3.48. The third-order valence-electron chi connectivity index (χ3n) is 3.14. The van der Waals surface area contributed by atoms with Crippen LogP contribution in [0.25, 0.3) is 10.2 Å². The maximum absolute atomic E-state index is 11.0. The zero-order valence-corrected chi connectivity index (χ0v) is 10.4. The summed E-state index contributed by atoms with van der Waals surface area (Å²) in [5.41, 5.74) is 1.04. The molecule has 0 saturated carbocycles. The summed E-state index contributed by atoms with van der Waals surface area (Å²) in [5.74, 6) is -1.04. The quantitative estimate of drug-likeness (QED) is 0.808. The Labute approximate surface area is 106 Å². The van der Waals surface area contributed by atoms with Crippen LogP contribution in [0, 0.1) is 5.92 Å². The number of hydrogen-bond acceptors (Lipinski definition) is 4. The molecule has 0 aromatic carbocycles. The van der Waals surface area contributed by atoms with Crippen LogP contribution in [0.3, 0.4) is 0 Å². The number of aromatic nitrogens is 2. The molecule has 1 N–H and O–H groups in total. The van der Waals surface area contributed by atoms with E-state index in [-0.39, 0.29) is 5.92 Å². The standard InChI is InChI=1S/C11H9ClN2O2S/c12-9-8-6-3-5(11(15)16)1-2-7(6)17-10(8)14-4-13-9/h4-5H,1-3H2,(H,15,16)/t5-/m0/s1. The van der Waals surface area contributed by atoms with Crippen molar-refractivity contribution in [2.75, 3.05) is 0 Å². The van der Waals surface area contributed by atoms with E-state index in [4.69, 9.17) is 16.7 Å². The van der Waals surface area contributed by atoms with Crippen LogP contribution in [0.2, 0.25) is 5.15 Å². The molecule has 2 aromatic heterocycles. The van der Waals surface area contributed by atoms with Crippen molar-refractivity contribution in [3.63, 3.8) is 0 Å². The Bertz CT molecular complexity index is 611. The van der Waals surface area contributed by atoms with Gasteiger partial charge in [0.2, 0.25) is 0 Å². The highest BCUT2D eigenvalue weighted by Gasteiger charge is 2.28. The molecule has 1 aliphatic rings. The van der Waals surface area contributed by atoms with Gasteiger partial charge in [-0.25, -0.2) is 9.97 Å². The van der Waals surface area contributed by atoms with Gasteiger partial charge in [0, 0.05) is 4.88 Å². The van der Waals surface area contributed by atoms with E-state index >= 15 is 0 Å². The largest absolute Gasteiger partial charge is 0.481 e. The number of fused-ring (bicyclic) bond motifs is 3. The van der Waals surface area contributed by atoms with E-state index in [0.29, 0.717) is 18.0 Å². The Morgan fingerprint density at radius 2 is 2.35 bits per heavy atom. The van der Waals surface area contributed by atoms with Gasteiger partial charge in [-0.3, -0.25) is 4.79 Å². The van der Waals surface area contributed by atoms with Crippen molar-refractivity contribution in [1.82, 2.24) is 9.97 Å². The molecule has 6 heteroatoms. The van der Waals surface area contributed by atoms with E-state index in [2.05, 4.69) is 9.97 Å². The third-order valence-corrected chi connectivity index (χ3v) is 4.63. The number of aliphatic carboxylic acids is 1. The number of rotatable bonds is 1. The van der Waals surface area contributed by atoms with Crippen molar-refractivity contribution >= 4 is 39.1 Å². The van der Waals surface area contributed by atoms with Crippen LogP contribution in [-0.2, 0) is 17.6 Å². The molecule has 0 bridgehead atoms. The maximum Gasteiger partial charge on any atom is 0.306 e. The summed E-state index contributed by atoms with van der Waals surface area (Å²) < 4.78 is 0. The first-order valence-electron chi connectivity index (χ1n) is 5.30. The molecule has 2 heterocycles. The molecular formula is C11H9ClN2O2S. The Morgan fingerprint density at radius 1 is 1.53 bits per heavy atom. The zero-order chi connectivity index (χ0) is 12.0. The van der Waals surface area contributed by atoms with E-state index in [1.54, 1.807) is 11.3 Å². The van der Waals surface area contributed by atoms with Crippen molar-refractivity contribution in [2.45, 2.75) is 19.3 Å². The van der Waals surface area contributed by atoms with Crippen LogP contribution in [-0.4, -0.2) is 21.0 Å². The van der Waals surface area contributed by atoms with Crippen molar-refractivity contribution in [3.8, 4) is 0 Å². The molecule has 0 spiro atoms. The van der Waals surface area contributed by atoms with E-state index in [1.807, 2.05) is 0 Å². The first-order chi connectivity index (χ1) is 8.16. The van der Waals surface area contributed by atoms with E-state index in [0.717, 1.165) is 22.2 Å². The number of carboxylic acids is 1. The summed E-state index contributed by atoms with van der Waals surface area (Å²) in [6.45, 7) is 0. The summed E-state index contributed by atoms with van der Waals surface area (Å²) >= 11 is 7.67. The molecular weight excluding hydrogens is 260 g/mol. The fraction of sp³-hybridized carbons (Fsp3) is 0.364. The molecule has 17 heavy (non-hydrogen) atoms. The van der Waals surface area contributed by atoms with Crippen molar-refractivity contribution in [3.05, 3.63) is 21.9 Å². The predicted octanol–water partition coefficient (Wildman–Crippen LogP) is 2.53. The lowest BCUT2D eigenvalue weighted by Crippen LogP contribution is -2.21. The number of aryl methyl sites for hydroxylation is 1. The van der Waals surface area contributed by atoms with Gasteiger partial charge in [0.25, 0.3) is 0 Å². The van der Waals surface area contributed by atoms with Gasteiger partial charge in [0.1, 0.15) is 16.3 Å². The normalized spacial score (nSPS) is 19.2. The second kappa shape index (κ2) is 3.92. The molecule has 4 nitrogen and oxygen atoms in total. The molecule has 0 amide bonds. The molecule has 0 saturated heterocycles. The number of carboxylic acid groups (broad SMARTS) is 1. The van der Waals surface area contributed by atoms with Crippen LogP contribution < -0.4 is 0 Å². The second-order valence-corrected chi connectivity index (χ2v) is 5.57. The van der Waals surface area contributed by atoms with Gasteiger partial charge in [0.05, 0.1) is 11.3 Å². The predicted molar refractivity (Wildman–Crippen MR) is 65.6 cm³/mol. The Morgan fingerprint density at radius 3 is 3.12 bits per heavy atom. The van der Waals surface area contributed by atoms with E-state index in [1.165, 1.54) is 11.2 Å². The highest BCUT2D eigenvalue weighted by molar-refractivity contribution is 7.19. The lowest BCUT2D eigenvalue weighted by molar-refractivity contribution is -0.142. The van der Waals surface area contributed by atoms with Crippen LogP contribution in [0.4, 0.5) is 0 Å². The number of carbonyl (C=O) groups is 1. The average molecular weight is 269 g/mol. The van der Waals surface area contributed by atoms with Crippen LogP contribution in [0.15, 0.2) is 6.33 Å². The monoisotopic (exact) mass is 268 g/mol. The lowest BCUT2D eigenvalue weighted by Gasteiger charge is -2.18. The zero-order valence-electron chi connectivity index (χ0n) is 8.81. The van der Waals surface area contributed by atoms with Gasteiger partial charge >= 0.3 is 5.97 Å². The highest BCUT2D eigenvalue weighted by atomic mass is 35.5. The van der Waals surface area contributed by atoms with E-state index in [9.17, 15) is 4.79 Å². The third kappa shape index (κ3) is 1.70. The fourth-order valence-electron chi connectivity index (χ4n) is 2.28. The minimum absolute atomic E-state index is 0.309. The second-order valence-electron chi connectivity index (χ2n) is 4.13. The summed E-state index contributed by atoms with van der Waals surface area (Å²) in [4.78, 5) is 21.3. The van der Waals surface area contributed by atoms with Crippen LogP contribution in [0.1, 0.15) is 16.9 Å². The van der Waals surface area contributed by atoms with E-state index < -0.39 is 5.97 Å². The molecule has 1 aliphatic carbocycles. The number of halogens is 1. The van der Waals surface area contributed by atoms with Gasteiger partial charge in [0.15, 0.2) is 0 Å². The summed E-state index contributed by atoms with van der Waals surface area (Å²) in [6, 6.07) is 0. The van der Waals surface area contributed by atoms with Gasteiger partial charge in [-0.2, -0.15) is 0 Å². The van der Waals surface area contributed by atoms with Crippen LogP contribution in [0.5, 0.6) is 0 Å². The average Bonchev–Trinajstić information content (AvgIpc) is 2.67. The smallest absolute Gasteiger partial charge is 0.306 e. The lowest BCUT2D eigenvalue weighted by atomic mass is 9.87. The minimum atomic E-state index is -0.733. The van der Waals surface area contributed by atoms with Gasteiger partial charge in [-0.1, -0.05) is 11.6 Å². The SMILES string of the molecule is O=C(O)[C@H]1CCc2sc3ncnc(Cl)c3c2C1. The minimum Gasteiger partial charge on any atom is -0.481 e. The van der Waals surface area contributed by atoms with Crippen molar-refractivity contribution < 1.29 is 9.90 Å². The fourth-order valence-corrected chi connectivity index (χ4v) is 3.77. The molecule has 0 unspecified atom stereocenters. The van der Waals surface area contributed by atoms with Crippen molar-refractivity contribution in [2.24, 2.45) is 5.92 Å². The number of nitrogens with zero attached hydrogens (tertiary/aromatic N) is 2. The summed E-state index contributed by atoms with van der Waals surface area (Å²) in [7, 11) is 0. The molecule has 0 fully saturated rings. The van der Waals surface area contributed by atoms with Gasteiger partial charge < -0.3 is 5.11 Å². The first kappa shape index (κ1) is 10.9. The molecule has 88 valence electrons. The molecule has 2 aromatic rings. The van der Waals surface area contributed by atoms with Crippen molar-refractivity contribution in [1.29, 1.82) is 0 Å². The molecule has 1 atom stereocenters. The maximum atomic E-state index is 11.0. The molecule has 3 rings (SSSR count). The topological polar surface area (TPSA) is 63.1 Å². The van der Waals surface area contributed by atoms with Gasteiger partial charge in [-0.05, 0) is 24.8 Å². The van der Waals surface area contributed by atoms with Crippen LogP contribution >= 0.6 is 22.9 Å². The molecule has 0 aliphatic heterocycles. The highest BCUT2D eigenvalue weighted by Crippen LogP contribution is 2.39. The Kier molecular flexibility index (Phi) is 2.52. The Balaban J connectivity index is 2.17.